The smallest absolute Gasteiger partial charge is 0.324 e. The molecular formula is C15H16NO4P. The van der Waals surface area contributed by atoms with Crippen molar-refractivity contribution in [2.75, 3.05) is 0 Å². The molecule has 0 saturated carbocycles. The van der Waals surface area contributed by atoms with Crippen molar-refractivity contribution in [1.82, 2.24) is 4.98 Å². The minimum absolute atomic E-state index is 0.327. The van der Waals surface area contributed by atoms with Crippen LogP contribution in [-0.2, 0) is 14.5 Å². The van der Waals surface area contributed by atoms with Crippen LogP contribution in [0.1, 0.15) is 24.0 Å². The molecule has 0 saturated heterocycles. The van der Waals surface area contributed by atoms with Gasteiger partial charge in [0.05, 0.1) is 0 Å². The quantitative estimate of drug-likeness (QED) is 0.829. The number of pyridine rings is 1. The standard InChI is InChI=1S/C15H16NO4P/c1-11(12-7-9-16-10-8-12)15(14(17)18,21(19)20)13-5-3-2-4-6-13/h2-11,21H,1H3,(H,17,18)(H,19,20). The van der Waals surface area contributed by atoms with Crippen LogP contribution in [0.4, 0.5) is 0 Å². The van der Waals surface area contributed by atoms with Crippen LogP contribution >= 0.6 is 8.03 Å². The summed E-state index contributed by atoms with van der Waals surface area (Å²) < 4.78 is 12.1. The Kier molecular flexibility index (Phi) is 4.56. The van der Waals surface area contributed by atoms with E-state index in [9.17, 15) is 19.4 Å². The first-order valence-corrected chi connectivity index (χ1v) is 7.79. The molecule has 1 heterocycles. The molecule has 2 rings (SSSR count). The van der Waals surface area contributed by atoms with Gasteiger partial charge in [-0.25, -0.2) is 0 Å². The van der Waals surface area contributed by atoms with E-state index >= 15 is 0 Å². The number of aromatic nitrogens is 1. The van der Waals surface area contributed by atoms with Gasteiger partial charge in [-0.05, 0) is 23.3 Å². The number of hydrogen-bond acceptors (Lipinski definition) is 3. The molecule has 0 aliphatic rings. The van der Waals surface area contributed by atoms with Gasteiger partial charge in [-0.2, -0.15) is 0 Å². The molecular weight excluding hydrogens is 289 g/mol. The number of rotatable bonds is 5. The topological polar surface area (TPSA) is 87.5 Å². The highest BCUT2D eigenvalue weighted by Gasteiger charge is 2.51. The predicted octanol–water partition coefficient (Wildman–Crippen LogP) is 2.63. The second kappa shape index (κ2) is 6.20. The van der Waals surface area contributed by atoms with Crippen LogP contribution in [0.5, 0.6) is 0 Å². The Balaban J connectivity index is 2.67. The maximum Gasteiger partial charge on any atom is 0.324 e. The van der Waals surface area contributed by atoms with Gasteiger partial charge in [0.2, 0.25) is 8.03 Å². The molecule has 2 N–H and O–H groups in total. The average Bonchev–Trinajstić information content (AvgIpc) is 2.49. The Morgan fingerprint density at radius 1 is 1.19 bits per heavy atom. The molecule has 0 amide bonds. The Labute approximate surface area is 123 Å². The highest BCUT2D eigenvalue weighted by atomic mass is 31.1. The van der Waals surface area contributed by atoms with Crippen molar-refractivity contribution in [1.29, 1.82) is 0 Å². The normalized spacial score (nSPS) is 16.7. The van der Waals surface area contributed by atoms with E-state index in [-0.39, 0.29) is 0 Å². The molecule has 0 spiro atoms. The summed E-state index contributed by atoms with van der Waals surface area (Å²) in [6, 6.07) is 11.5. The van der Waals surface area contributed by atoms with Crippen molar-refractivity contribution < 1.29 is 19.4 Å². The summed E-state index contributed by atoms with van der Waals surface area (Å²) in [7, 11) is -3.40. The zero-order valence-corrected chi connectivity index (χ0v) is 12.4. The molecule has 21 heavy (non-hydrogen) atoms. The van der Waals surface area contributed by atoms with E-state index in [0.717, 1.165) is 0 Å². The molecule has 0 aliphatic carbocycles. The minimum Gasteiger partial charge on any atom is -0.480 e. The lowest BCUT2D eigenvalue weighted by molar-refractivity contribution is -0.141. The zero-order chi connectivity index (χ0) is 15.5. The maximum absolute atomic E-state index is 12.1. The molecule has 3 atom stereocenters. The van der Waals surface area contributed by atoms with E-state index in [0.29, 0.717) is 11.1 Å². The lowest BCUT2D eigenvalue weighted by atomic mass is 9.82. The number of nitrogens with zero attached hydrogens (tertiary/aromatic N) is 1. The predicted molar refractivity (Wildman–Crippen MR) is 79.6 cm³/mol. The van der Waals surface area contributed by atoms with Crippen LogP contribution in [0.3, 0.4) is 0 Å². The number of carboxylic acids is 1. The summed E-state index contributed by atoms with van der Waals surface area (Å²) in [6.45, 7) is 1.65. The summed E-state index contributed by atoms with van der Waals surface area (Å²) in [5, 5.41) is 7.88. The minimum atomic E-state index is -3.40. The van der Waals surface area contributed by atoms with Crippen LogP contribution in [0.2, 0.25) is 0 Å². The van der Waals surface area contributed by atoms with Crippen molar-refractivity contribution in [2.24, 2.45) is 0 Å². The van der Waals surface area contributed by atoms with Crippen molar-refractivity contribution in [2.45, 2.75) is 18.0 Å². The highest BCUT2D eigenvalue weighted by molar-refractivity contribution is 7.41. The lowest BCUT2D eigenvalue weighted by Gasteiger charge is -2.33. The number of benzene rings is 1. The van der Waals surface area contributed by atoms with Gasteiger partial charge < -0.3 is 10.00 Å². The van der Waals surface area contributed by atoms with E-state index in [4.69, 9.17) is 0 Å². The lowest BCUT2D eigenvalue weighted by Crippen LogP contribution is -2.37. The van der Waals surface area contributed by atoms with E-state index in [2.05, 4.69) is 4.98 Å². The SMILES string of the molecule is CC(c1ccncc1)C(C(=O)O)(c1ccccc1)[PH](=O)O. The average molecular weight is 305 g/mol. The molecule has 5 nitrogen and oxygen atoms in total. The van der Waals surface area contributed by atoms with Crippen molar-refractivity contribution in [3.63, 3.8) is 0 Å². The van der Waals surface area contributed by atoms with Gasteiger partial charge in [-0.3, -0.25) is 14.3 Å². The number of carbonyl (C=O) groups is 1. The monoisotopic (exact) mass is 305 g/mol. The van der Waals surface area contributed by atoms with Crippen LogP contribution < -0.4 is 0 Å². The van der Waals surface area contributed by atoms with Crippen LogP contribution in [-0.4, -0.2) is 21.0 Å². The Morgan fingerprint density at radius 2 is 1.76 bits per heavy atom. The van der Waals surface area contributed by atoms with Crippen LogP contribution in [0.15, 0.2) is 54.9 Å². The molecule has 0 radical (unpaired) electrons. The Morgan fingerprint density at radius 3 is 2.24 bits per heavy atom. The van der Waals surface area contributed by atoms with Crippen molar-refractivity contribution in [3.05, 3.63) is 66.0 Å². The third-order valence-corrected chi connectivity index (χ3v) is 5.37. The van der Waals surface area contributed by atoms with E-state index in [1.54, 1.807) is 49.4 Å². The second-order valence-corrected chi connectivity index (χ2v) is 6.19. The summed E-state index contributed by atoms with van der Waals surface area (Å²) in [5.41, 5.74) is 0.983. The van der Waals surface area contributed by atoms with Gasteiger partial charge in [0.1, 0.15) is 0 Å². The molecule has 3 unspecified atom stereocenters. The fourth-order valence-corrected chi connectivity index (χ4v) is 3.70. The first-order valence-electron chi connectivity index (χ1n) is 6.43. The van der Waals surface area contributed by atoms with Gasteiger partial charge in [0.15, 0.2) is 5.16 Å². The second-order valence-electron chi connectivity index (χ2n) is 4.79. The van der Waals surface area contributed by atoms with Gasteiger partial charge >= 0.3 is 5.97 Å². The fourth-order valence-electron chi connectivity index (χ4n) is 2.56. The van der Waals surface area contributed by atoms with Crippen molar-refractivity contribution >= 4 is 14.0 Å². The Hall–Kier alpha value is -1.97. The molecule has 0 bridgehead atoms. The number of carboxylic acid groups (broad SMARTS) is 1. The Bertz CT molecular complexity index is 631. The third kappa shape index (κ3) is 2.62. The summed E-state index contributed by atoms with van der Waals surface area (Å²) in [6.07, 6.45) is 3.08. The third-order valence-electron chi connectivity index (χ3n) is 3.76. The zero-order valence-electron chi connectivity index (χ0n) is 11.4. The molecule has 2 aromatic rings. The van der Waals surface area contributed by atoms with E-state index < -0.39 is 25.1 Å². The summed E-state index contributed by atoms with van der Waals surface area (Å²) in [4.78, 5) is 25.7. The number of hydrogen-bond donors (Lipinski definition) is 2. The van der Waals surface area contributed by atoms with Gasteiger partial charge in [-0.15, -0.1) is 0 Å². The van der Waals surface area contributed by atoms with Gasteiger partial charge in [0, 0.05) is 18.3 Å². The molecule has 1 aromatic heterocycles. The summed E-state index contributed by atoms with van der Waals surface area (Å²) >= 11 is 0. The largest absolute Gasteiger partial charge is 0.480 e. The first kappa shape index (κ1) is 15.4. The molecule has 0 aliphatic heterocycles. The number of aliphatic carboxylic acids is 1. The van der Waals surface area contributed by atoms with Gasteiger partial charge in [-0.1, -0.05) is 37.3 Å². The fraction of sp³-hybridized carbons (Fsp3) is 0.200. The van der Waals surface area contributed by atoms with E-state index in [1.807, 2.05) is 0 Å². The van der Waals surface area contributed by atoms with Gasteiger partial charge in [0.25, 0.3) is 0 Å². The molecule has 110 valence electrons. The first-order chi connectivity index (χ1) is 10.0. The summed E-state index contributed by atoms with van der Waals surface area (Å²) in [5.74, 6) is -1.97. The van der Waals surface area contributed by atoms with Crippen LogP contribution in [0.25, 0.3) is 0 Å². The molecule has 0 fully saturated rings. The molecule has 1 aromatic carbocycles. The van der Waals surface area contributed by atoms with Crippen LogP contribution in [0, 0.1) is 0 Å². The molecule has 6 heteroatoms. The maximum atomic E-state index is 12.1. The highest BCUT2D eigenvalue weighted by Crippen LogP contribution is 2.54. The van der Waals surface area contributed by atoms with Crippen molar-refractivity contribution in [3.8, 4) is 0 Å². The van der Waals surface area contributed by atoms with E-state index in [1.165, 1.54) is 12.4 Å².